The molecule has 7 nitrogen and oxygen atoms in total. The Morgan fingerprint density at radius 2 is 2.17 bits per heavy atom. The highest BCUT2D eigenvalue weighted by Gasteiger charge is 2.36. The molecular weight excluding hydrogens is 298 g/mol. The first-order valence-electron chi connectivity index (χ1n) is 7.19. The van der Waals surface area contributed by atoms with Gasteiger partial charge >= 0.3 is 5.97 Å². The number of carbonyl (C=O) groups is 1. The number of hydrogen-bond donors (Lipinski definition) is 1. The highest BCUT2D eigenvalue weighted by molar-refractivity contribution is 6.13. The van der Waals surface area contributed by atoms with Crippen LogP contribution in [0.25, 0.3) is 5.57 Å². The van der Waals surface area contributed by atoms with Crippen LogP contribution in [0.1, 0.15) is 35.7 Å². The summed E-state index contributed by atoms with van der Waals surface area (Å²) in [5.41, 5.74) is 6.77. The number of nitro groups is 1. The highest BCUT2D eigenvalue weighted by Crippen LogP contribution is 2.45. The van der Waals surface area contributed by atoms with Crippen molar-refractivity contribution in [3.05, 3.63) is 45.6 Å². The fourth-order valence-corrected chi connectivity index (χ4v) is 2.11. The molecule has 1 aliphatic rings. The largest absolute Gasteiger partial charge is 0.465 e. The highest BCUT2D eigenvalue weighted by atomic mass is 16.6. The summed E-state index contributed by atoms with van der Waals surface area (Å²) in [6, 6.07) is 3.98. The van der Waals surface area contributed by atoms with Crippen LogP contribution in [0, 0.1) is 15.5 Å². The number of nitro benzene ring substituents is 1. The van der Waals surface area contributed by atoms with E-state index < -0.39 is 10.9 Å². The maximum absolute atomic E-state index is 11.9. The monoisotopic (exact) mass is 317 g/mol. The van der Waals surface area contributed by atoms with Gasteiger partial charge in [-0.05, 0) is 29.9 Å². The second-order valence-corrected chi connectivity index (χ2v) is 5.88. The van der Waals surface area contributed by atoms with Crippen LogP contribution < -0.4 is 5.73 Å². The van der Waals surface area contributed by atoms with Gasteiger partial charge in [-0.1, -0.05) is 6.92 Å². The van der Waals surface area contributed by atoms with Crippen molar-refractivity contribution >= 4 is 23.4 Å². The molecule has 0 amide bonds. The number of nitrogens with zero attached hydrogens (tertiary/aromatic N) is 2. The van der Waals surface area contributed by atoms with Gasteiger partial charge in [0.2, 0.25) is 0 Å². The summed E-state index contributed by atoms with van der Waals surface area (Å²) in [5, 5.41) is 10.9. The molecule has 0 radical (unpaired) electrons. The van der Waals surface area contributed by atoms with Crippen LogP contribution in [0.5, 0.6) is 0 Å². The number of non-ortho nitro benzene ring substituents is 1. The Labute approximate surface area is 134 Å². The van der Waals surface area contributed by atoms with Gasteiger partial charge in [0.05, 0.1) is 17.6 Å². The lowest BCUT2D eigenvalue weighted by atomic mass is 10.00. The minimum Gasteiger partial charge on any atom is -0.465 e. The van der Waals surface area contributed by atoms with Crippen LogP contribution >= 0.6 is 0 Å². The van der Waals surface area contributed by atoms with E-state index in [1.807, 2.05) is 0 Å². The van der Waals surface area contributed by atoms with E-state index in [0.29, 0.717) is 17.7 Å². The van der Waals surface area contributed by atoms with Crippen molar-refractivity contribution < 1.29 is 14.5 Å². The predicted molar refractivity (Wildman–Crippen MR) is 87.3 cm³/mol. The maximum atomic E-state index is 11.9. The normalized spacial score (nSPS) is 16.3. The number of methoxy groups -OCH3 is 1. The second kappa shape index (κ2) is 6.60. The van der Waals surface area contributed by atoms with Gasteiger partial charge in [0.1, 0.15) is 0 Å². The third-order valence-electron chi connectivity index (χ3n) is 3.92. The quantitative estimate of drug-likeness (QED) is 0.375. The summed E-state index contributed by atoms with van der Waals surface area (Å²) in [5.74, 6) is -0.661. The number of ether oxygens (including phenoxy) is 1. The molecule has 0 unspecified atom stereocenters. The minimum absolute atomic E-state index is 0.0856. The van der Waals surface area contributed by atoms with Gasteiger partial charge < -0.3 is 10.5 Å². The molecule has 1 saturated carbocycles. The molecule has 1 aromatic carbocycles. The van der Waals surface area contributed by atoms with Crippen molar-refractivity contribution in [3.8, 4) is 0 Å². The zero-order valence-electron chi connectivity index (χ0n) is 13.1. The molecule has 23 heavy (non-hydrogen) atoms. The van der Waals surface area contributed by atoms with Gasteiger partial charge in [-0.3, -0.25) is 15.1 Å². The maximum Gasteiger partial charge on any atom is 0.338 e. The molecule has 1 aliphatic carbocycles. The van der Waals surface area contributed by atoms with Gasteiger partial charge in [0.25, 0.3) is 5.69 Å². The van der Waals surface area contributed by atoms with Crippen molar-refractivity contribution in [2.24, 2.45) is 16.1 Å². The number of aliphatic imine (C=N–C) groups is 1. The third kappa shape index (κ3) is 3.94. The molecule has 0 atom stereocenters. The molecule has 0 spiro atoms. The summed E-state index contributed by atoms with van der Waals surface area (Å²) in [6.07, 6.45) is 5.22. The summed E-state index contributed by atoms with van der Waals surface area (Å²) in [6.45, 7) is 2.84. The van der Waals surface area contributed by atoms with E-state index >= 15 is 0 Å². The van der Waals surface area contributed by atoms with E-state index in [1.54, 1.807) is 6.21 Å². The Bertz CT molecular complexity index is 691. The zero-order chi connectivity index (χ0) is 17.0. The average Bonchev–Trinajstić information content (AvgIpc) is 3.28. The van der Waals surface area contributed by atoms with Crippen LogP contribution in [0.15, 0.2) is 29.4 Å². The molecule has 0 bridgehead atoms. The first kappa shape index (κ1) is 16.7. The summed E-state index contributed by atoms with van der Waals surface area (Å²) < 4.78 is 4.70. The van der Waals surface area contributed by atoms with E-state index in [1.165, 1.54) is 31.5 Å². The number of benzene rings is 1. The molecule has 1 fully saturated rings. The van der Waals surface area contributed by atoms with Crippen LogP contribution in [0.4, 0.5) is 5.69 Å². The molecule has 2 rings (SSSR count). The van der Waals surface area contributed by atoms with Gasteiger partial charge in [-0.25, -0.2) is 4.79 Å². The Morgan fingerprint density at radius 1 is 1.48 bits per heavy atom. The Hall–Kier alpha value is -2.70. The Balaban J connectivity index is 2.34. The van der Waals surface area contributed by atoms with E-state index in [-0.39, 0.29) is 16.7 Å². The number of allylic oxidation sites excluding steroid dienone is 1. The van der Waals surface area contributed by atoms with Crippen molar-refractivity contribution in [1.29, 1.82) is 0 Å². The summed E-state index contributed by atoms with van der Waals surface area (Å²) >= 11 is 0. The van der Waals surface area contributed by atoms with Crippen LogP contribution in [0.3, 0.4) is 0 Å². The molecule has 0 aliphatic heterocycles. The van der Waals surface area contributed by atoms with Gasteiger partial charge in [0.15, 0.2) is 0 Å². The lowest BCUT2D eigenvalue weighted by Gasteiger charge is -2.09. The SMILES string of the molecule is COC(=O)c1cc([N+](=O)[O-])ccc1C(C=NCC1(C)CC1)=CN. The molecule has 1 aromatic rings. The van der Waals surface area contributed by atoms with E-state index in [0.717, 1.165) is 12.8 Å². The molecule has 0 aromatic heterocycles. The van der Waals surface area contributed by atoms with Crippen molar-refractivity contribution in [2.45, 2.75) is 19.8 Å². The number of nitrogens with two attached hydrogens (primary N) is 1. The fraction of sp³-hybridized carbons (Fsp3) is 0.375. The second-order valence-electron chi connectivity index (χ2n) is 5.88. The molecule has 122 valence electrons. The number of rotatable bonds is 6. The average molecular weight is 317 g/mol. The van der Waals surface area contributed by atoms with Gasteiger partial charge in [0, 0.05) is 36.7 Å². The lowest BCUT2D eigenvalue weighted by molar-refractivity contribution is -0.384. The van der Waals surface area contributed by atoms with E-state index in [2.05, 4.69) is 11.9 Å². The Kier molecular flexibility index (Phi) is 4.78. The number of hydrogen-bond acceptors (Lipinski definition) is 6. The molecule has 7 heteroatoms. The topological polar surface area (TPSA) is 108 Å². The van der Waals surface area contributed by atoms with E-state index in [4.69, 9.17) is 10.5 Å². The van der Waals surface area contributed by atoms with E-state index in [9.17, 15) is 14.9 Å². The van der Waals surface area contributed by atoms with Crippen molar-refractivity contribution in [3.63, 3.8) is 0 Å². The van der Waals surface area contributed by atoms with Gasteiger partial charge in [-0.2, -0.15) is 0 Å². The number of carbonyl (C=O) groups excluding carboxylic acids is 1. The lowest BCUT2D eigenvalue weighted by Crippen LogP contribution is -2.08. The number of esters is 1. The zero-order valence-corrected chi connectivity index (χ0v) is 13.1. The van der Waals surface area contributed by atoms with Crippen LogP contribution in [-0.2, 0) is 4.74 Å². The van der Waals surface area contributed by atoms with Crippen molar-refractivity contribution in [2.75, 3.05) is 13.7 Å². The molecule has 2 N–H and O–H groups in total. The molecule has 0 heterocycles. The standard InChI is InChI=1S/C16H19N3O4/c1-16(5-6-16)10-18-9-11(8-17)13-4-3-12(19(21)22)7-14(13)15(20)23-2/h3-4,7-9H,5-6,10,17H2,1-2H3. The van der Waals surface area contributed by atoms with Crippen molar-refractivity contribution in [1.82, 2.24) is 0 Å². The minimum atomic E-state index is -0.661. The summed E-state index contributed by atoms with van der Waals surface area (Å²) in [4.78, 5) is 26.6. The molecular formula is C16H19N3O4. The van der Waals surface area contributed by atoms with Crippen LogP contribution in [-0.4, -0.2) is 30.8 Å². The Morgan fingerprint density at radius 3 is 2.70 bits per heavy atom. The molecule has 0 saturated heterocycles. The van der Waals surface area contributed by atoms with Gasteiger partial charge in [-0.15, -0.1) is 0 Å². The first-order valence-corrected chi connectivity index (χ1v) is 7.19. The smallest absolute Gasteiger partial charge is 0.338 e. The summed E-state index contributed by atoms with van der Waals surface area (Å²) in [7, 11) is 1.22. The predicted octanol–water partition coefficient (Wildman–Crippen LogP) is 2.55. The fourth-order valence-electron chi connectivity index (χ4n) is 2.11. The third-order valence-corrected chi connectivity index (χ3v) is 3.92. The van der Waals surface area contributed by atoms with Crippen LogP contribution in [0.2, 0.25) is 0 Å². The first-order chi connectivity index (χ1) is 10.9.